The van der Waals surface area contributed by atoms with Gasteiger partial charge in [-0.3, -0.25) is 0 Å². The van der Waals surface area contributed by atoms with Crippen molar-refractivity contribution in [1.29, 1.82) is 0 Å². The van der Waals surface area contributed by atoms with E-state index in [1.807, 2.05) is 30.4 Å². The lowest BCUT2D eigenvalue weighted by molar-refractivity contribution is -0.132. The molecule has 1 aromatic carbocycles. The largest absolute Gasteiger partial charge is 0.478 e. The third-order valence-corrected chi connectivity index (χ3v) is 3.97. The maximum absolute atomic E-state index is 11.2. The number of hydrogen-bond donors (Lipinski definition) is 1. The molecule has 2 atom stereocenters. The Morgan fingerprint density at radius 1 is 1.15 bits per heavy atom. The molecule has 0 radical (unpaired) electrons. The summed E-state index contributed by atoms with van der Waals surface area (Å²) in [4.78, 5) is 11.2. The van der Waals surface area contributed by atoms with Crippen molar-refractivity contribution in [2.45, 2.75) is 11.8 Å². The lowest BCUT2D eigenvalue weighted by Gasteiger charge is -2.25. The molecule has 1 N–H and O–H groups in total. The number of allylic oxidation sites excluding steroid dienone is 6. The monoisotopic (exact) mass is 264 g/mol. The predicted molar refractivity (Wildman–Crippen MR) is 79.4 cm³/mol. The molecule has 0 amide bonds. The second-order valence-corrected chi connectivity index (χ2v) is 5.28. The molecule has 2 aliphatic carbocycles. The molecule has 2 unspecified atom stereocenters. The highest BCUT2D eigenvalue weighted by Crippen LogP contribution is 2.41. The fourth-order valence-electron chi connectivity index (χ4n) is 2.87. The number of carbonyl (C=O) groups is 1. The number of fused-ring (bicyclic) bond motifs is 2. The van der Waals surface area contributed by atoms with Crippen LogP contribution >= 0.6 is 0 Å². The van der Waals surface area contributed by atoms with Gasteiger partial charge in [0.15, 0.2) is 0 Å². The van der Waals surface area contributed by atoms with Gasteiger partial charge in [0.05, 0.1) is 5.57 Å². The van der Waals surface area contributed by atoms with Crippen molar-refractivity contribution in [3.63, 3.8) is 0 Å². The van der Waals surface area contributed by atoms with E-state index in [4.69, 9.17) is 0 Å². The number of rotatable bonds is 2. The summed E-state index contributed by atoms with van der Waals surface area (Å²) in [6.07, 6.45) is 14.7. The quantitative estimate of drug-likeness (QED) is 0.828. The van der Waals surface area contributed by atoms with Crippen molar-refractivity contribution in [2.75, 3.05) is 0 Å². The molecule has 2 nitrogen and oxygen atoms in total. The average molecular weight is 264 g/mol. The van der Waals surface area contributed by atoms with Gasteiger partial charge in [-0.05, 0) is 24.0 Å². The lowest BCUT2D eigenvalue weighted by atomic mass is 9.78. The molecule has 2 aliphatic rings. The minimum Gasteiger partial charge on any atom is -0.478 e. The van der Waals surface area contributed by atoms with Crippen LogP contribution in [0.15, 0.2) is 78.4 Å². The first-order valence-electron chi connectivity index (χ1n) is 6.75. The van der Waals surface area contributed by atoms with Gasteiger partial charge < -0.3 is 5.11 Å². The van der Waals surface area contributed by atoms with Crippen LogP contribution in [0.25, 0.3) is 0 Å². The number of hydrogen-bond acceptors (Lipinski definition) is 1. The molecule has 1 aromatic rings. The van der Waals surface area contributed by atoms with Gasteiger partial charge in [0.1, 0.15) is 0 Å². The maximum Gasteiger partial charge on any atom is 0.335 e. The van der Waals surface area contributed by atoms with Gasteiger partial charge in [0.2, 0.25) is 0 Å². The number of carboxylic acids is 1. The highest BCUT2D eigenvalue weighted by molar-refractivity contribution is 5.90. The smallest absolute Gasteiger partial charge is 0.335 e. The standard InChI is InChI=1S/C18H16O2/c19-17(20)15-6-4-5-14-9-11-18(13-14,12-10-15)16-7-2-1-3-8-16/h1-12,14H,13H2,(H,19,20). The van der Waals surface area contributed by atoms with Gasteiger partial charge in [-0.1, -0.05) is 66.8 Å². The molecule has 3 rings (SSSR count). The number of carboxylic acid groups (broad SMARTS) is 1. The van der Waals surface area contributed by atoms with Crippen LogP contribution in [0.4, 0.5) is 0 Å². The molecular weight excluding hydrogens is 248 g/mol. The predicted octanol–water partition coefficient (Wildman–Crippen LogP) is 3.64. The van der Waals surface area contributed by atoms with Gasteiger partial charge in [0.25, 0.3) is 0 Å². The van der Waals surface area contributed by atoms with Crippen molar-refractivity contribution in [3.05, 3.63) is 84.0 Å². The van der Waals surface area contributed by atoms with Gasteiger partial charge in [-0.25, -0.2) is 4.79 Å². The van der Waals surface area contributed by atoms with Gasteiger partial charge in [-0.2, -0.15) is 0 Å². The van der Waals surface area contributed by atoms with E-state index in [1.165, 1.54) is 5.56 Å². The Morgan fingerprint density at radius 2 is 1.95 bits per heavy atom. The number of benzene rings is 1. The summed E-state index contributed by atoms with van der Waals surface area (Å²) in [5.41, 5.74) is 1.32. The Morgan fingerprint density at radius 3 is 2.70 bits per heavy atom. The summed E-state index contributed by atoms with van der Waals surface area (Å²) in [5.74, 6) is -0.542. The molecule has 0 saturated heterocycles. The molecule has 2 bridgehead atoms. The van der Waals surface area contributed by atoms with Crippen LogP contribution in [0.2, 0.25) is 0 Å². The van der Waals surface area contributed by atoms with Crippen LogP contribution in [0.1, 0.15) is 12.0 Å². The second-order valence-electron chi connectivity index (χ2n) is 5.28. The third kappa shape index (κ3) is 2.25. The topological polar surface area (TPSA) is 37.3 Å². The van der Waals surface area contributed by atoms with E-state index in [2.05, 4.69) is 30.4 Å². The first-order chi connectivity index (χ1) is 9.70. The summed E-state index contributed by atoms with van der Waals surface area (Å²) < 4.78 is 0. The molecular formula is C18H16O2. The molecule has 2 heteroatoms. The van der Waals surface area contributed by atoms with Crippen molar-refractivity contribution < 1.29 is 9.90 Å². The van der Waals surface area contributed by atoms with Crippen molar-refractivity contribution in [2.24, 2.45) is 5.92 Å². The minimum absolute atomic E-state index is 0.199. The Balaban J connectivity index is 2.07. The van der Waals surface area contributed by atoms with Crippen LogP contribution in [0, 0.1) is 5.92 Å². The molecule has 0 aliphatic heterocycles. The molecule has 0 heterocycles. The summed E-state index contributed by atoms with van der Waals surface area (Å²) in [6.45, 7) is 0. The van der Waals surface area contributed by atoms with Crippen LogP contribution in [-0.4, -0.2) is 11.1 Å². The Hall–Kier alpha value is -2.35. The third-order valence-electron chi connectivity index (χ3n) is 3.97. The lowest BCUT2D eigenvalue weighted by Crippen LogP contribution is -2.19. The van der Waals surface area contributed by atoms with Crippen LogP contribution in [0.3, 0.4) is 0 Å². The molecule has 0 fully saturated rings. The van der Waals surface area contributed by atoms with E-state index in [-0.39, 0.29) is 5.41 Å². The fourth-order valence-corrected chi connectivity index (χ4v) is 2.87. The van der Waals surface area contributed by atoms with E-state index >= 15 is 0 Å². The second kappa shape index (κ2) is 4.97. The summed E-state index contributed by atoms with van der Waals surface area (Å²) in [6, 6.07) is 10.2. The van der Waals surface area contributed by atoms with Crippen LogP contribution in [0.5, 0.6) is 0 Å². The first kappa shape index (κ1) is 12.7. The van der Waals surface area contributed by atoms with Crippen molar-refractivity contribution in [1.82, 2.24) is 0 Å². The minimum atomic E-state index is -0.893. The Bertz CT molecular complexity index is 635. The van der Waals surface area contributed by atoms with Crippen LogP contribution in [-0.2, 0) is 10.2 Å². The molecule has 100 valence electrons. The van der Waals surface area contributed by atoms with E-state index < -0.39 is 5.97 Å². The zero-order valence-corrected chi connectivity index (χ0v) is 11.1. The zero-order chi connectivity index (χ0) is 14.0. The van der Waals surface area contributed by atoms with Crippen molar-refractivity contribution >= 4 is 5.97 Å². The zero-order valence-electron chi connectivity index (χ0n) is 11.1. The SMILES string of the molecule is O=C(O)C1=CC=CC2C=CC(c3ccccc3)(C=C1)C2. The normalized spacial score (nSPS) is 27.6. The van der Waals surface area contributed by atoms with E-state index in [0.29, 0.717) is 11.5 Å². The van der Waals surface area contributed by atoms with E-state index in [0.717, 1.165) is 6.42 Å². The molecule has 20 heavy (non-hydrogen) atoms. The molecule has 0 aromatic heterocycles. The van der Waals surface area contributed by atoms with Gasteiger partial charge >= 0.3 is 5.97 Å². The highest BCUT2D eigenvalue weighted by Gasteiger charge is 2.33. The van der Waals surface area contributed by atoms with Crippen molar-refractivity contribution in [3.8, 4) is 0 Å². The summed E-state index contributed by atoms with van der Waals surface area (Å²) >= 11 is 0. The van der Waals surface area contributed by atoms with E-state index in [9.17, 15) is 9.90 Å². The Kier molecular flexibility index (Phi) is 3.15. The van der Waals surface area contributed by atoms with E-state index in [1.54, 1.807) is 12.2 Å². The van der Waals surface area contributed by atoms with Gasteiger partial charge in [-0.15, -0.1) is 0 Å². The number of aliphatic carboxylic acids is 1. The molecule has 0 saturated carbocycles. The maximum atomic E-state index is 11.2. The first-order valence-corrected chi connectivity index (χ1v) is 6.75. The average Bonchev–Trinajstić information content (AvgIpc) is 2.91. The summed E-state index contributed by atoms with van der Waals surface area (Å²) in [7, 11) is 0. The highest BCUT2D eigenvalue weighted by atomic mass is 16.4. The summed E-state index contributed by atoms with van der Waals surface area (Å²) in [5, 5.41) is 9.20. The van der Waals surface area contributed by atoms with Gasteiger partial charge in [0, 0.05) is 5.41 Å². The fraction of sp³-hybridized carbons (Fsp3) is 0.167. The molecule has 0 spiro atoms. The van der Waals surface area contributed by atoms with Crippen LogP contribution < -0.4 is 0 Å². The Labute approximate surface area is 118 Å².